The Morgan fingerprint density at radius 2 is 1.95 bits per heavy atom. The number of benzene rings is 2. The molecule has 21 heavy (non-hydrogen) atoms. The number of nitro groups is 1. The number of rotatable bonds is 5. The Bertz CT molecular complexity index is 694. The van der Waals surface area contributed by atoms with Gasteiger partial charge in [0.1, 0.15) is 0 Å². The van der Waals surface area contributed by atoms with E-state index >= 15 is 0 Å². The van der Waals surface area contributed by atoms with Gasteiger partial charge < -0.3 is 0 Å². The molecule has 5 nitrogen and oxygen atoms in total. The lowest BCUT2D eigenvalue weighted by Crippen LogP contribution is -2.03. The second kappa shape index (κ2) is 6.56. The van der Waals surface area contributed by atoms with Crippen molar-refractivity contribution < 1.29 is 9.72 Å². The average Bonchev–Trinajstić information content (AvgIpc) is 2.47. The molecule has 0 N–H and O–H groups in total. The second-order valence-electron chi connectivity index (χ2n) is 4.54. The number of aryl methyl sites for hydroxylation is 1. The predicted octanol–water partition coefficient (Wildman–Crippen LogP) is 3.21. The van der Waals surface area contributed by atoms with Crippen LogP contribution in [0, 0.1) is 17.0 Å². The molecule has 0 bridgehead atoms. The molecule has 0 saturated heterocycles. The fourth-order valence-electron chi connectivity index (χ4n) is 1.89. The normalized spacial score (nSPS) is 10.7. The van der Waals surface area contributed by atoms with Crippen molar-refractivity contribution >= 4 is 17.7 Å². The lowest BCUT2D eigenvalue weighted by atomic mass is 10.0. The number of aliphatic imine (C=N–C) groups is 1. The van der Waals surface area contributed by atoms with Gasteiger partial charge in [0.05, 0.1) is 11.9 Å². The van der Waals surface area contributed by atoms with E-state index in [1.54, 1.807) is 36.4 Å². The van der Waals surface area contributed by atoms with Gasteiger partial charge in [-0.2, -0.15) is 0 Å². The summed E-state index contributed by atoms with van der Waals surface area (Å²) in [6, 6.07) is 14.1. The van der Waals surface area contributed by atoms with Crippen molar-refractivity contribution in [2.24, 2.45) is 4.99 Å². The quantitative estimate of drug-likeness (QED) is 0.366. The molecular formula is C16H14N2O3. The van der Waals surface area contributed by atoms with Gasteiger partial charge in [0.2, 0.25) is 6.54 Å². The number of nitrogens with zero attached hydrogens (tertiary/aromatic N) is 2. The second-order valence-corrected chi connectivity index (χ2v) is 4.54. The molecule has 5 heteroatoms. The van der Waals surface area contributed by atoms with Crippen LogP contribution in [0.2, 0.25) is 0 Å². The molecule has 0 heterocycles. The number of ketones is 1. The zero-order valence-electron chi connectivity index (χ0n) is 11.5. The summed E-state index contributed by atoms with van der Waals surface area (Å²) in [5, 5.41) is 10.3. The monoisotopic (exact) mass is 282 g/mol. The van der Waals surface area contributed by atoms with Crippen LogP contribution in [0.5, 0.6) is 0 Å². The van der Waals surface area contributed by atoms with E-state index in [9.17, 15) is 14.9 Å². The minimum absolute atomic E-state index is 0.149. The van der Waals surface area contributed by atoms with E-state index in [0.717, 1.165) is 5.56 Å². The smallest absolute Gasteiger partial charge is 0.238 e. The fourth-order valence-corrected chi connectivity index (χ4v) is 1.89. The molecule has 0 aliphatic carbocycles. The van der Waals surface area contributed by atoms with Crippen LogP contribution in [0.3, 0.4) is 0 Å². The summed E-state index contributed by atoms with van der Waals surface area (Å²) in [6.45, 7) is 1.51. The Hall–Kier alpha value is -2.82. The highest BCUT2D eigenvalue weighted by Gasteiger charge is 2.13. The topological polar surface area (TPSA) is 72.6 Å². The van der Waals surface area contributed by atoms with Crippen LogP contribution >= 0.6 is 0 Å². The Morgan fingerprint density at radius 3 is 2.62 bits per heavy atom. The summed E-state index contributed by atoms with van der Waals surface area (Å²) in [6.07, 6.45) is 1.20. The lowest BCUT2D eigenvalue weighted by molar-refractivity contribution is -0.462. The molecule has 0 unspecified atom stereocenters. The predicted molar refractivity (Wildman–Crippen MR) is 81.1 cm³/mol. The standard InChI is InChI=1S/C16H14N2O3/c1-12-7-8-14(15(11-12)17-9-10-18(20)21)16(19)13-5-3-2-4-6-13/h2-9,11H,10H2,1H3. The minimum atomic E-state index is -0.474. The van der Waals surface area contributed by atoms with Gasteiger partial charge in [0, 0.05) is 16.1 Å². The van der Waals surface area contributed by atoms with Crippen molar-refractivity contribution in [1.29, 1.82) is 0 Å². The van der Waals surface area contributed by atoms with Gasteiger partial charge in [-0.1, -0.05) is 36.4 Å². The molecule has 0 atom stereocenters. The van der Waals surface area contributed by atoms with Gasteiger partial charge in [-0.25, -0.2) is 0 Å². The number of hydrogen-bond acceptors (Lipinski definition) is 4. The Labute approximate surface area is 122 Å². The SMILES string of the molecule is Cc1ccc(C(=O)c2ccccc2)c(N=CC[N+](=O)[O-])c1. The molecule has 0 aromatic heterocycles. The van der Waals surface area contributed by atoms with Crippen molar-refractivity contribution in [3.8, 4) is 0 Å². The molecule has 2 aromatic carbocycles. The van der Waals surface area contributed by atoms with E-state index in [1.165, 1.54) is 6.21 Å². The first-order valence-electron chi connectivity index (χ1n) is 6.42. The molecule has 2 aromatic rings. The van der Waals surface area contributed by atoms with Gasteiger partial charge in [0.25, 0.3) is 0 Å². The van der Waals surface area contributed by atoms with Crippen molar-refractivity contribution in [3.63, 3.8) is 0 Å². The highest BCUT2D eigenvalue weighted by molar-refractivity contribution is 6.12. The molecule has 2 rings (SSSR count). The molecule has 106 valence electrons. The summed E-state index contributed by atoms with van der Waals surface area (Å²) in [4.78, 5) is 26.4. The molecule has 0 fully saturated rings. The third-order valence-corrected chi connectivity index (χ3v) is 2.89. The first-order valence-corrected chi connectivity index (χ1v) is 6.42. The van der Waals surface area contributed by atoms with Crippen LogP contribution in [0.25, 0.3) is 0 Å². The van der Waals surface area contributed by atoms with E-state index in [2.05, 4.69) is 4.99 Å². The van der Waals surface area contributed by atoms with E-state index in [0.29, 0.717) is 16.8 Å². The Morgan fingerprint density at radius 1 is 1.24 bits per heavy atom. The van der Waals surface area contributed by atoms with Crippen LogP contribution in [0.15, 0.2) is 53.5 Å². The third kappa shape index (κ3) is 3.82. The highest BCUT2D eigenvalue weighted by atomic mass is 16.6. The first-order chi connectivity index (χ1) is 10.1. The molecule has 0 saturated carbocycles. The lowest BCUT2D eigenvalue weighted by Gasteiger charge is -2.06. The maximum Gasteiger partial charge on any atom is 0.238 e. The Balaban J connectivity index is 2.37. The van der Waals surface area contributed by atoms with E-state index in [4.69, 9.17) is 0 Å². The molecule has 0 aliphatic heterocycles. The van der Waals surface area contributed by atoms with Crippen molar-refractivity contribution in [1.82, 2.24) is 0 Å². The van der Waals surface area contributed by atoms with Crippen molar-refractivity contribution in [2.75, 3.05) is 6.54 Å². The van der Waals surface area contributed by atoms with Crippen LogP contribution in [0.1, 0.15) is 21.5 Å². The number of carbonyl (C=O) groups is 1. The summed E-state index contributed by atoms with van der Waals surface area (Å²) in [7, 11) is 0. The van der Waals surface area contributed by atoms with Gasteiger partial charge >= 0.3 is 0 Å². The summed E-state index contributed by atoms with van der Waals surface area (Å²) >= 11 is 0. The van der Waals surface area contributed by atoms with E-state index < -0.39 is 4.92 Å². The third-order valence-electron chi connectivity index (χ3n) is 2.89. The maximum atomic E-state index is 12.5. The number of hydrogen-bond donors (Lipinski definition) is 0. The molecule has 0 amide bonds. The molecular weight excluding hydrogens is 268 g/mol. The van der Waals surface area contributed by atoms with Gasteiger partial charge in [-0.3, -0.25) is 19.9 Å². The zero-order chi connectivity index (χ0) is 15.2. The van der Waals surface area contributed by atoms with Crippen LogP contribution in [-0.2, 0) is 0 Å². The molecule has 0 radical (unpaired) electrons. The van der Waals surface area contributed by atoms with E-state index in [1.807, 2.05) is 19.1 Å². The summed E-state index contributed by atoms with van der Waals surface area (Å²) < 4.78 is 0. The summed E-state index contributed by atoms with van der Waals surface area (Å²) in [5.74, 6) is -0.149. The average molecular weight is 282 g/mol. The van der Waals surface area contributed by atoms with Crippen molar-refractivity contribution in [3.05, 3.63) is 75.3 Å². The largest absolute Gasteiger partial charge is 0.289 e. The van der Waals surface area contributed by atoms with Crippen LogP contribution in [0.4, 0.5) is 5.69 Å². The highest BCUT2D eigenvalue weighted by Crippen LogP contribution is 2.23. The molecule has 0 spiro atoms. The first kappa shape index (κ1) is 14.6. The number of carbonyl (C=O) groups excluding carboxylic acids is 1. The van der Waals surface area contributed by atoms with Crippen LogP contribution in [-0.4, -0.2) is 23.5 Å². The minimum Gasteiger partial charge on any atom is -0.289 e. The van der Waals surface area contributed by atoms with Crippen molar-refractivity contribution in [2.45, 2.75) is 6.92 Å². The van der Waals surface area contributed by atoms with E-state index in [-0.39, 0.29) is 12.3 Å². The van der Waals surface area contributed by atoms with Gasteiger partial charge in [-0.05, 0) is 24.6 Å². The van der Waals surface area contributed by atoms with Gasteiger partial charge in [0.15, 0.2) is 5.78 Å². The zero-order valence-corrected chi connectivity index (χ0v) is 11.5. The maximum absolute atomic E-state index is 12.5. The van der Waals surface area contributed by atoms with Gasteiger partial charge in [-0.15, -0.1) is 0 Å². The van der Waals surface area contributed by atoms with Crippen LogP contribution < -0.4 is 0 Å². The Kier molecular flexibility index (Phi) is 4.56. The molecule has 0 aliphatic rings. The fraction of sp³-hybridized carbons (Fsp3) is 0.125. The summed E-state index contributed by atoms with van der Waals surface area (Å²) in [5.41, 5.74) is 2.39.